The van der Waals surface area contributed by atoms with Crippen LogP contribution in [0.4, 0.5) is 0 Å². The molecule has 1 saturated carbocycles. The predicted molar refractivity (Wildman–Crippen MR) is 91.8 cm³/mol. The fourth-order valence-corrected chi connectivity index (χ4v) is 3.38. The van der Waals surface area contributed by atoms with Crippen LogP contribution in [0.1, 0.15) is 58.8 Å². The van der Waals surface area contributed by atoms with Gasteiger partial charge in [-0.25, -0.2) is 0 Å². The molecular weight excluding hydrogens is 286 g/mol. The maximum absolute atomic E-state index is 12.6. The van der Waals surface area contributed by atoms with Gasteiger partial charge in [0.25, 0.3) is 0 Å². The van der Waals surface area contributed by atoms with Gasteiger partial charge < -0.3 is 16.0 Å². The van der Waals surface area contributed by atoms with Crippen LogP contribution in [-0.2, 0) is 4.79 Å². The number of hydrogen-bond donors (Lipinski definition) is 2. The summed E-state index contributed by atoms with van der Waals surface area (Å²) >= 11 is 0. The van der Waals surface area contributed by atoms with Crippen molar-refractivity contribution in [1.29, 1.82) is 0 Å². The first-order valence-electron chi connectivity index (χ1n) is 8.12. The number of nitrogens with two attached hydrogens (primary N) is 1. The Morgan fingerprint density at radius 3 is 2.10 bits per heavy atom. The number of hydrogen-bond acceptors (Lipinski definition) is 3. The van der Waals surface area contributed by atoms with Gasteiger partial charge in [-0.2, -0.15) is 0 Å². The zero-order chi connectivity index (χ0) is 15.2. The average Bonchev–Trinajstić information content (AvgIpc) is 2.48. The lowest BCUT2D eigenvalue weighted by molar-refractivity contribution is -0.131. The van der Waals surface area contributed by atoms with Crippen LogP contribution in [0.3, 0.4) is 0 Å². The van der Waals surface area contributed by atoms with E-state index in [9.17, 15) is 4.79 Å². The molecule has 0 aromatic carbocycles. The lowest BCUT2D eigenvalue weighted by Gasteiger charge is -2.44. The molecule has 1 amide bonds. The summed E-state index contributed by atoms with van der Waals surface area (Å²) < 4.78 is 0. The summed E-state index contributed by atoms with van der Waals surface area (Å²) in [6.07, 6.45) is 7.80. The molecule has 126 valence electrons. The molecule has 0 unspecified atom stereocenters. The Bertz CT molecular complexity index is 302. The molecule has 1 aliphatic carbocycles. The molecule has 1 aliphatic rings. The highest BCUT2D eigenvalue weighted by atomic mass is 35.5. The third-order valence-corrected chi connectivity index (χ3v) is 5.54. The van der Waals surface area contributed by atoms with Crippen molar-refractivity contribution in [3.63, 3.8) is 0 Å². The van der Waals surface area contributed by atoms with Gasteiger partial charge in [0.2, 0.25) is 5.91 Å². The van der Waals surface area contributed by atoms with Crippen molar-refractivity contribution in [3.8, 4) is 0 Å². The minimum absolute atomic E-state index is 0. The van der Waals surface area contributed by atoms with Crippen molar-refractivity contribution < 1.29 is 4.79 Å². The smallest absolute Gasteiger partial charge is 0.227 e. The van der Waals surface area contributed by atoms with Gasteiger partial charge in [0, 0.05) is 18.6 Å². The normalized spacial score (nSPS) is 18.2. The molecule has 0 aromatic rings. The number of amides is 1. The van der Waals surface area contributed by atoms with Crippen LogP contribution in [0.5, 0.6) is 0 Å². The molecule has 5 heteroatoms. The molecule has 0 aromatic heterocycles. The van der Waals surface area contributed by atoms with Crippen LogP contribution < -0.4 is 11.1 Å². The summed E-state index contributed by atoms with van der Waals surface area (Å²) in [4.78, 5) is 14.9. The van der Waals surface area contributed by atoms with Crippen molar-refractivity contribution >= 4 is 18.3 Å². The Hall–Kier alpha value is -0.320. The van der Waals surface area contributed by atoms with E-state index in [0.717, 1.165) is 19.4 Å². The summed E-state index contributed by atoms with van der Waals surface area (Å²) in [5.41, 5.74) is 5.61. The third kappa shape index (κ3) is 4.57. The number of rotatable bonds is 7. The van der Waals surface area contributed by atoms with Crippen molar-refractivity contribution in [2.75, 3.05) is 27.2 Å². The number of halogens is 1. The molecule has 1 rings (SSSR count). The van der Waals surface area contributed by atoms with Crippen LogP contribution in [0.15, 0.2) is 0 Å². The largest absolute Gasteiger partial charge is 0.354 e. The molecule has 0 spiro atoms. The number of likely N-dealkylation sites (N-methyl/N-ethyl adjacent to an activating group) is 1. The second-order valence-electron chi connectivity index (χ2n) is 6.55. The number of nitrogens with one attached hydrogen (secondary N) is 1. The van der Waals surface area contributed by atoms with Gasteiger partial charge in [0.05, 0.1) is 5.41 Å². The maximum atomic E-state index is 12.6. The predicted octanol–water partition coefficient (Wildman–Crippen LogP) is 2.55. The van der Waals surface area contributed by atoms with Gasteiger partial charge >= 0.3 is 0 Å². The summed E-state index contributed by atoms with van der Waals surface area (Å²) in [5, 5.41) is 3.21. The quantitative estimate of drug-likeness (QED) is 0.758. The highest BCUT2D eigenvalue weighted by Crippen LogP contribution is 2.32. The lowest BCUT2D eigenvalue weighted by atomic mass is 9.79. The molecule has 0 heterocycles. The summed E-state index contributed by atoms with van der Waals surface area (Å²) in [6, 6.07) is 0. The second kappa shape index (κ2) is 8.96. The maximum Gasteiger partial charge on any atom is 0.227 e. The van der Waals surface area contributed by atoms with Gasteiger partial charge in [-0.05, 0) is 39.8 Å². The highest BCUT2D eigenvalue weighted by Gasteiger charge is 2.38. The molecule has 0 aliphatic heterocycles. The van der Waals surface area contributed by atoms with Crippen molar-refractivity contribution in [3.05, 3.63) is 0 Å². The van der Waals surface area contributed by atoms with E-state index in [0.29, 0.717) is 6.54 Å². The monoisotopic (exact) mass is 319 g/mol. The molecule has 4 nitrogen and oxygen atoms in total. The van der Waals surface area contributed by atoms with E-state index in [1.54, 1.807) is 0 Å². The fraction of sp³-hybridized carbons (Fsp3) is 0.938. The topological polar surface area (TPSA) is 58.4 Å². The van der Waals surface area contributed by atoms with Gasteiger partial charge in [0.15, 0.2) is 0 Å². The van der Waals surface area contributed by atoms with E-state index in [1.807, 2.05) is 0 Å². The number of nitrogens with zero attached hydrogens (tertiary/aromatic N) is 1. The van der Waals surface area contributed by atoms with Crippen LogP contribution in [0, 0.1) is 5.41 Å². The Labute approximate surface area is 136 Å². The summed E-state index contributed by atoms with van der Waals surface area (Å²) in [5.74, 6) is 0.136. The molecule has 0 bridgehead atoms. The summed E-state index contributed by atoms with van der Waals surface area (Å²) in [7, 11) is 4.26. The average molecular weight is 320 g/mol. The van der Waals surface area contributed by atoms with Crippen LogP contribution in [0.25, 0.3) is 0 Å². The standard InChI is InChI=1S/C16H33N3O.ClH/c1-5-15(6-2,12-17)14(20)18-13-16(19(3)4)10-8-7-9-11-16;/h5-13,17H2,1-4H3,(H,18,20);1H. The summed E-state index contributed by atoms with van der Waals surface area (Å²) in [6.45, 7) is 5.29. The molecule has 0 radical (unpaired) electrons. The minimum Gasteiger partial charge on any atom is -0.354 e. The Morgan fingerprint density at radius 2 is 1.71 bits per heavy atom. The van der Waals surface area contributed by atoms with Crippen LogP contribution in [0.2, 0.25) is 0 Å². The van der Waals surface area contributed by atoms with E-state index in [-0.39, 0.29) is 29.3 Å². The van der Waals surface area contributed by atoms with E-state index in [2.05, 4.69) is 38.2 Å². The Balaban J connectivity index is 0.00000400. The van der Waals surface area contributed by atoms with Crippen molar-refractivity contribution in [2.45, 2.75) is 64.3 Å². The zero-order valence-electron chi connectivity index (χ0n) is 14.2. The lowest BCUT2D eigenvalue weighted by Crippen LogP contribution is -2.56. The molecule has 0 atom stereocenters. The molecule has 3 N–H and O–H groups in total. The first kappa shape index (κ1) is 20.7. The van der Waals surface area contributed by atoms with Gasteiger partial charge in [-0.3, -0.25) is 4.79 Å². The van der Waals surface area contributed by atoms with E-state index < -0.39 is 0 Å². The minimum atomic E-state index is -0.387. The van der Waals surface area contributed by atoms with Crippen LogP contribution in [-0.4, -0.2) is 43.5 Å². The third-order valence-electron chi connectivity index (χ3n) is 5.54. The Kier molecular flexibility index (Phi) is 8.83. The Morgan fingerprint density at radius 1 is 1.19 bits per heavy atom. The van der Waals surface area contributed by atoms with E-state index >= 15 is 0 Å². The molecule has 0 saturated heterocycles. The van der Waals surface area contributed by atoms with E-state index in [1.165, 1.54) is 32.1 Å². The van der Waals surface area contributed by atoms with Crippen molar-refractivity contribution in [1.82, 2.24) is 10.2 Å². The van der Waals surface area contributed by atoms with Gasteiger partial charge in [-0.15, -0.1) is 12.4 Å². The highest BCUT2D eigenvalue weighted by molar-refractivity contribution is 5.85. The number of carbonyl (C=O) groups excluding carboxylic acids is 1. The zero-order valence-corrected chi connectivity index (χ0v) is 15.0. The molecule has 1 fully saturated rings. The first-order chi connectivity index (χ1) is 9.46. The fourth-order valence-electron chi connectivity index (χ4n) is 3.38. The second-order valence-corrected chi connectivity index (χ2v) is 6.55. The first-order valence-corrected chi connectivity index (χ1v) is 8.12. The van der Waals surface area contributed by atoms with Gasteiger partial charge in [-0.1, -0.05) is 33.1 Å². The van der Waals surface area contributed by atoms with Gasteiger partial charge in [0.1, 0.15) is 0 Å². The molecular formula is C16H34ClN3O. The number of carbonyl (C=O) groups is 1. The van der Waals surface area contributed by atoms with E-state index in [4.69, 9.17) is 5.73 Å². The van der Waals surface area contributed by atoms with Crippen molar-refractivity contribution in [2.24, 2.45) is 11.1 Å². The van der Waals surface area contributed by atoms with Crippen LogP contribution >= 0.6 is 12.4 Å². The SMILES string of the molecule is CCC(CC)(CN)C(=O)NCC1(N(C)C)CCCCC1.Cl. The molecule has 21 heavy (non-hydrogen) atoms.